The molecule has 4 rings (SSSR count). The summed E-state index contributed by atoms with van der Waals surface area (Å²) in [6.07, 6.45) is 3.11. The molecule has 1 saturated heterocycles. The number of nitrogens with zero attached hydrogens (tertiary/aromatic N) is 2. The highest BCUT2D eigenvalue weighted by atomic mass is 35.5. The first-order valence-electron chi connectivity index (χ1n) is 10.8. The second kappa shape index (κ2) is 9.63. The van der Waals surface area contributed by atoms with Crippen LogP contribution in [0.15, 0.2) is 60.8 Å². The summed E-state index contributed by atoms with van der Waals surface area (Å²) in [4.78, 5) is 31.8. The number of amides is 1. The van der Waals surface area contributed by atoms with E-state index in [1.807, 2.05) is 43.3 Å². The number of carbonyl (C=O) groups is 2. The van der Waals surface area contributed by atoms with Crippen LogP contribution in [0.3, 0.4) is 0 Å². The number of aliphatic hydroxyl groups excluding tert-OH is 1. The summed E-state index contributed by atoms with van der Waals surface area (Å²) in [5.41, 5.74) is 4.20. The van der Waals surface area contributed by atoms with Gasteiger partial charge in [0, 0.05) is 36.3 Å². The van der Waals surface area contributed by atoms with E-state index < -0.39 is 0 Å². The lowest BCUT2D eigenvalue weighted by atomic mass is 9.90. The number of benzene rings is 2. The van der Waals surface area contributed by atoms with Crippen molar-refractivity contribution in [2.24, 2.45) is 0 Å². The number of hydrogen-bond acceptors (Lipinski definition) is 4. The van der Waals surface area contributed by atoms with Crippen LogP contribution in [0.2, 0.25) is 5.02 Å². The van der Waals surface area contributed by atoms with E-state index in [1.54, 1.807) is 29.3 Å². The predicted molar refractivity (Wildman–Crippen MR) is 124 cm³/mol. The van der Waals surface area contributed by atoms with Gasteiger partial charge in [-0.25, -0.2) is 4.98 Å². The topological polar surface area (TPSA) is 70.5 Å². The summed E-state index contributed by atoms with van der Waals surface area (Å²) in [6.45, 7) is 2.97. The highest BCUT2D eigenvalue weighted by Gasteiger charge is 2.31. The Labute approximate surface area is 192 Å². The van der Waals surface area contributed by atoms with Gasteiger partial charge in [-0.3, -0.25) is 9.59 Å². The Hall–Kier alpha value is -3.02. The second-order valence-corrected chi connectivity index (χ2v) is 8.39. The van der Waals surface area contributed by atoms with Gasteiger partial charge in [0.05, 0.1) is 11.6 Å². The summed E-state index contributed by atoms with van der Waals surface area (Å²) in [6, 6.07) is 16.5. The number of halogens is 1. The van der Waals surface area contributed by atoms with Crippen LogP contribution in [0.1, 0.15) is 62.4 Å². The van der Waals surface area contributed by atoms with Crippen molar-refractivity contribution in [1.82, 2.24) is 9.88 Å². The molecule has 1 fully saturated rings. The zero-order valence-corrected chi connectivity index (χ0v) is 18.7. The van der Waals surface area contributed by atoms with Gasteiger partial charge in [0.15, 0.2) is 5.78 Å². The first-order valence-corrected chi connectivity index (χ1v) is 11.2. The first kappa shape index (κ1) is 22.2. The summed E-state index contributed by atoms with van der Waals surface area (Å²) in [5, 5.41) is 10.4. The zero-order valence-electron chi connectivity index (χ0n) is 17.9. The highest BCUT2D eigenvalue weighted by Crippen LogP contribution is 2.32. The van der Waals surface area contributed by atoms with E-state index in [0.717, 1.165) is 29.5 Å². The van der Waals surface area contributed by atoms with Gasteiger partial charge in [0.2, 0.25) is 0 Å². The Morgan fingerprint density at radius 2 is 1.94 bits per heavy atom. The van der Waals surface area contributed by atoms with Crippen LogP contribution in [-0.2, 0) is 13.0 Å². The zero-order chi connectivity index (χ0) is 22.7. The molecule has 1 amide bonds. The predicted octanol–water partition coefficient (Wildman–Crippen LogP) is 4.65. The van der Waals surface area contributed by atoms with Crippen LogP contribution >= 0.6 is 11.6 Å². The van der Waals surface area contributed by atoms with Gasteiger partial charge in [-0.2, -0.15) is 0 Å². The first-order chi connectivity index (χ1) is 15.5. The van der Waals surface area contributed by atoms with Gasteiger partial charge in [0.1, 0.15) is 5.69 Å². The third kappa shape index (κ3) is 4.31. The Morgan fingerprint density at radius 3 is 2.69 bits per heavy atom. The van der Waals surface area contributed by atoms with E-state index in [1.165, 1.54) is 0 Å². The molecule has 1 aliphatic rings. The fourth-order valence-corrected chi connectivity index (χ4v) is 4.58. The fraction of sp³-hybridized carbons (Fsp3) is 0.269. The monoisotopic (exact) mass is 448 g/mol. The molecule has 1 aromatic heterocycles. The Bertz CT molecular complexity index is 1160. The van der Waals surface area contributed by atoms with E-state index >= 15 is 0 Å². The van der Waals surface area contributed by atoms with Crippen LogP contribution < -0.4 is 0 Å². The number of rotatable bonds is 6. The number of aryl methyl sites for hydroxylation is 1. The van der Waals surface area contributed by atoms with E-state index in [9.17, 15) is 14.7 Å². The molecule has 0 aliphatic carbocycles. The lowest BCUT2D eigenvalue weighted by molar-refractivity contribution is 0.0785. The maximum atomic E-state index is 13.1. The third-order valence-electron chi connectivity index (χ3n) is 6.09. The molecule has 5 nitrogen and oxygen atoms in total. The number of likely N-dealkylation sites (tertiary alicyclic amines) is 1. The normalized spacial score (nSPS) is 15.7. The molecule has 1 aliphatic heterocycles. The van der Waals surface area contributed by atoms with Gasteiger partial charge in [-0.15, -0.1) is 0 Å². The summed E-state index contributed by atoms with van der Waals surface area (Å²) in [5.74, 6) is -0.154. The SMILES string of the molecule is CCc1ccccc1C(=O)c1ccc(C2CCN(C(=O)c3ncccc3Cl)C2)c(CO)c1. The van der Waals surface area contributed by atoms with Gasteiger partial charge >= 0.3 is 0 Å². The quantitative estimate of drug-likeness (QED) is 0.557. The Balaban J connectivity index is 1.56. The van der Waals surface area contributed by atoms with Crippen molar-refractivity contribution in [3.63, 3.8) is 0 Å². The molecular formula is C26H25ClN2O3. The molecule has 32 heavy (non-hydrogen) atoms. The number of aromatic nitrogens is 1. The van der Waals surface area contributed by atoms with Crippen LogP contribution in [0, 0.1) is 0 Å². The molecule has 0 radical (unpaired) electrons. The Kier molecular flexibility index (Phi) is 6.68. The maximum absolute atomic E-state index is 13.1. The molecular weight excluding hydrogens is 424 g/mol. The highest BCUT2D eigenvalue weighted by molar-refractivity contribution is 6.33. The van der Waals surface area contributed by atoms with Crippen molar-refractivity contribution in [3.8, 4) is 0 Å². The molecule has 1 atom stereocenters. The summed E-state index contributed by atoms with van der Waals surface area (Å²) in [7, 11) is 0. The molecule has 2 aromatic carbocycles. The largest absolute Gasteiger partial charge is 0.392 e. The van der Waals surface area contributed by atoms with Crippen molar-refractivity contribution in [1.29, 1.82) is 0 Å². The summed E-state index contributed by atoms with van der Waals surface area (Å²) >= 11 is 6.14. The van der Waals surface area contributed by atoms with E-state index in [2.05, 4.69) is 4.98 Å². The average Bonchev–Trinajstić information content (AvgIpc) is 3.33. The molecule has 164 valence electrons. The van der Waals surface area contributed by atoms with Crippen LogP contribution in [0.25, 0.3) is 0 Å². The second-order valence-electron chi connectivity index (χ2n) is 7.98. The average molecular weight is 449 g/mol. The molecule has 1 N–H and O–H groups in total. The van der Waals surface area contributed by atoms with Gasteiger partial charge in [-0.05, 0) is 47.7 Å². The lowest BCUT2D eigenvalue weighted by Crippen LogP contribution is -2.29. The standard InChI is InChI=1S/C26H25ClN2O3/c1-2-17-6-3-4-7-22(17)25(31)18-9-10-21(20(14-18)16-30)19-11-13-29(15-19)26(32)24-23(27)8-5-12-28-24/h3-10,12,14,19,30H,2,11,13,15-16H2,1H3. The van der Waals surface area contributed by atoms with Crippen molar-refractivity contribution in [2.45, 2.75) is 32.3 Å². The minimum Gasteiger partial charge on any atom is -0.392 e. The molecule has 1 unspecified atom stereocenters. The lowest BCUT2D eigenvalue weighted by Gasteiger charge is -2.18. The Morgan fingerprint density at radius 1 is 1.12 bits per heavy atom. The van der Waals surface area contributed by atoms with Crippen molar-refractivity contribution < 1.29 is 14.7 Å². The van der Waals surface area contributed by atoms with Gasteiger partial charge in [-0.1, -0.05) is 54.9 Å². The molecule has 2 heterocycles. The fourth-order valence-electron chi connectivity index (χ4n) is 4.38. The molecule has 3 aromatic rings. The number of carbonyl (C=O) groups excluding carboxylic acids is 2. The number of hydrogen-bond donors (Lipinski definition) is 1. The summed E-state index contributed by atoms with van der Waals surface area (Å²) < 4.78 is 0. The van der Waals surface area contributed by atoms with E-state index in [0.29, 0.717) is 29.2 Å². The third-order valence-corrected chi connectivity index (χ3v) is 6.40. The van der Waals surface area contributed by atoms with Gasteiger partial charge in [0.25, 0.3) is 5.91 Å². The van der Waals surface area contributed by atoms with Crippen LogP contribution in [-0.4, -0.2) is 39.8 Å². The molecule has 6 heteroatoms. The smallest absolute Gasteiger partial charge is 0.274 e. The molecule has 0 bridgehead atoms. The number of pyridine rings is 1. The van der Waals surface area contributed by atoms with Crippen molar-refractivity contribution in [2.75, 3.05) is 13.1 Å². The van der Waals surface area contributed by atoms with Crippen LogP contribution in [0.5, 0.6) is 0 Å². The van der Waals surface area contributed by atoms with E-state index in [-0.39, 0.29) is 29.9 Å². The maximum Gasteiger partial charge on any atom is 0.274 e. The molecule has 0 spiro atoms. The number of ketones is 1. The minimum atomic E-state index is -0.188. The minimum absolute atomic E-state index is 0.0447. The van der Waals surface area contributed by atoms with Crippen molar-refractivity contribution in [3.05, 3.63) is 99.3 Å². The van der Waals surface area contributed by atoms with Gasteiger partial charge < -0.3 is 10.0 Å². The van der Waals surface area contributed by atoms with E-state index in [4.69, 9.17) is 11.6 Å². The molecule has 0 saturated carbocycles. The number of aliphatic hydroxyl groups is 1. The van der Waals surface area contributed by atoms with Crippen molar-refractivity contribution >= 4 is 23.3 Å². The van der Waals surface area contributed by atoms with Crippen LogP contribution in [0.4, 0.5) is 0 Å².